The molecule has 0 aromatic carbocycles. The molecule has 0 amide bonds. The molecule has 0 unspecified atom stereocenters. The van der Waals surface area contributed by atoms with Crippen molar-refractivity contribution in [1.29, 1.82) is 0 Å². The number of halogens is 2. The van der Waals surface area contributed by atoms with Crippen molar-refractivity contribution in [2.75, 3.05) is 0 Å². The Labute approximate surface area is 102 Å². The summed E-state index contributed by atoms with van der Waals surface area (Å²) in [6, 6.07) is 1.98. The minimum absolute atomic E-state index is 0.388. The minimum atomic E-state index is 0.388. The minimum Gasteiger partial charge on any atom is -0.442 e. The van der Waals surface area contributed by atoms with Gasteiger partial charge in [-0.15, -0.1) is 11.3 Å². The summed E-state index contributed by atoms with van der Waals surface area (Å²) in [7, 11) is 0. The number of hydrogen-bond donors (Lipinski definition) is 1. The largest absolute Gasteiger partial charge is 0.442 e. The van der Waals surface area contributed by atoms with Crippen LogP contribution in [0.5, 0.6) is 0 Å². The second kappa shape index (κ2) is 4.14. The van der Waals surface area contributed by atoms with Crippen molar-refractivity contribution in [3.8, 4) is 10.6 Å². The first-order valence-electron chi connectivity index (χ1n) is 3.80. The SMILES string of the molecule is NCc1ncoc1-c1cc(Br)c(Br)s1. The highest BCUT2D eigenvalue weighted by molar-refractivity contribution is 9.13. The monoisotopic (exact) mass is 336 g/mol. The van der Waals surface area contributed by atoms with E-state index in [1.807, 2.05) is 6.07 Å². The van der Waals surface area contributed by atoms with Crippen LogP contribution in [-0.4, -0.2) is 4.98 Å². The van der Waals surface area contributed by atoms with Crippen molar-refractivity contribution in [3.05, 3.63) is 26.4 Å². The van der Waals surface area contributed by atoms with Gasteiger partial charge in [0.25, 0.3) is 0 Å². The predicted octanol–water partition coefficient (Wildman–Crippen LogP) is 3.39. The number of nitrogens with zero attached hydrogens (tertiary/aromatic N) is 1. The lowest BCUT2D eigenvalue weighted by Gasteiger charge is -1.92. The topological polar surface area (TPSA) is 52.0 Å². The van der Waals surface area contributed by atoms with Crippen molar-refractivity contribution in [2.24, 2.45) is 5.73 Å². The van der Waals surface area contributed by atoms with Crippen LogP contribution >= 0.6 is 43.2 Å². The molecule has 74 valence electrons. The zero-order chi connectivity index (χ0) is 10.1. The van der Waals surface area contributed by atoms with E-state index < -0.39 is 0 Å². The maximum atomic E-state index is 5.54. The van der Waals surface area contributed by atoms with Crippen molar-refractivity contribution < 1.29 is 4.42 Å². The third kappa shape index (κ3) is 1.79. The quantitative estimate of drug-likeness (QED) is 0.913. The van der Waals surface area contributed by atoms with Crippen LogP contribution in [-0.2, 0) is 6.54 Å². The molecule has 2 rings (SSSR count). The predicted molar refractivity (Wildman–Crippen MR) is 63.1 cm³/mol. The van der Waals surface area contributed by atoms with Crippen LogP contribution in [0.25, 0.3) is 10.6 Å². The summed E-state index contributed by atoms with van der Waals surface area (Å²) in [5, 5.41) is 0. The molecule has 6 heteroatoms. The van der Waals surface area contributed by atoms with Crippen molar-refractivity contribution in [1.82, 2.24) is 4.98 Å². The normalized spacial score (nSPS) is 10.8. The molecule has 2 heterocycles. The van der Waals surface area contributed by atoms with Crippen molar-refractivity contribution in [3.63, 3.8) is 0 Å². The fourth-order valence-electron chi connectivity index (χ4n) is 1.07. The van der Waals surface area contributed by atoms with E-state index in [-0.39, 0.29) is 0 Å². The van der Waals surface area contributed by atoms with E-state index >= 15 is 0 Å². The molecule has 0 aliphatic heterocycles. The average molecular weight is 338 g/mol. The Morgan fingerprint density at radius 1 is 1.50 bits per heavy atom. The third-order valence-electron chi connectivity index (χ3n) is 1.70. The van der Waals surface area contributed by atoms with Crippen LogP contribution in [0.15, 0.2) is 25.1 Å². The van der Waals surface area contributed by atoms with Crippen LogP contribution in [0.2, 0.25) is 0 Å². The Morgan fingerprint density at radius 2 is 2.29 bits per heavy atom. The maximum Gasteiger partial charge on any atom is 0.181 e. The molecule has 0 aliphatic rings. The second-order valence-corrected chi connectivity index (χ2v) is 5.79. The number of hydrogen-bond acceptors (Lipinski definition) is 4. The highest BCUT2D eigenvalue weighted by Gasteiger charge is 2.13. The lowest BCUT2D eigenvalue weighted by Crippen LogP contribution is -1.97. The Bertz CT molecular complexity index is 432. The van der Waals surface area contributed by atoms with E-state index in [0.29, 0.717) is 6.54 Å². The first-order valence-corrected chi connectivity index (χ1v) is 6.20. The van der Waals surface area contributed by atoms with Crippen LogP contribution < -0.4 is 5.73 Å². The van der Waals surface area contributed by atoms with Crippen molar-refractivity contribution >= 4 is 43.2 Å². The van der Waals surface area contributed by atoms with Crippen LogP contribution in [0, 0.1) is 0 Å². The van der Waals surface area contributed by atoms with Gasteiger partial charge in [0.15, 0.2) is 12.2 Å². The van der Waals surface area contributed by atoms with Crippen LogP contribution in [0.3, 0.4) is 0 Å². The van der Waals surface area contributed by atoms with Gasteiger partial charge < -0.3 is 10.2 Å². The fraction of sp³-hybridized carbons (Fsp3) is 0.125. The molecule has 2 aromatic rings. The first-order chi connectivity index (χ1) is 6.72. The zero-order valence-corrected chi connectivity index (χ0v) is 10.9. The molecule has 0 saturated heterocycles. The first kappa shape index (κ1) is 10.4. The molecular weight excluding hydrogens is 332 g/mol. The molecule has 0 radical (unpaired) electrons. The Kier molecular flexibility index (Phi) is 3.06. The summed E-state index contributed by atoms with van der Waals surface area (Å²) < 4.78 is 7.33. The van der Waals surface area contributed by atoms with Crippen molar-refractivity contribution in [2.45, 2.75) is 6.54 Å². The van der Waals surface area contributed by atoms with E-state index in [0.717, 1.165) is 24.6 Å². The molecule has 0 spiro atoms. The smallest absolute Gasteiger partial charge is 0.181 e. The molecule has 0 atom stereocenters. The molecule has 0 bridgehead atoms. The molecule has 0 saturated carbocycles. The summed E-state index contributed by atoms with van der Waals surface area (Å²) in [6.45, 7) is 0.388. The standard InChI is InChI=1S/C8H6Br2N2OS/c9-4-1-6(14-8(4)10)7-5(2-11)12-3-13-7/h1,3H,2,11H2. The van der Waals surface area contributed by atoms with Gasteiger partial charge in [0.2, 0.25) is 0 Å². The second-order valence-electron chi connectivity index (χ2n) is 2.56. The molecule has 3 nitrogen and oxygen atoms in total. The summed E-state index contributed by atoms with van der Waals surface area (Å²) in [5.74, 6) is 0.754. The molecule has 2 N–H and O–H groups in total. The number of oxazole rings is 1. The lowest BCUT2D eigenvalue weighted by atomic mass is 10.3. The van der Waals surface area contributed by atoms with Gasteiger partial charge in [0.1, 0.15) is 5.69 Å². The van der Waals surface area contributed by atoms with Gasteiger partial charge in [0.05, 0.1) is 8.66 Å². The Morgan fingerprint density at radius 3 is 2.86 bits per heavy atom. The molecule has 2 aromatic heterocycles. The van der Waals surface area contributed by atoms with Gasteiger partial charge in [-0.1, -0.05) is 0 Å². The van der Waals surface area contributed by atoms with Gasteiger partial charge in [-0.3, -0.25) is 0 Å². The van der Waals surface area contributed by atoms with Gasteiger partial charge in [-0.2, -0.15) is 0 Å². The number of aromatic nitrogens is 1. The summed E-state index contributed by atoms with van der Waals surface area (Å²) in [5.41, 5.74) is 6.32. The van der Waals surface area contributed by atoms with E-state index in [1.54, 1.807) is 11.3 Å². The maximum absolute atomic E-state index is 5.54. The molecular formula is C8H6Br2N2OS. The highest BCUT2D eigenvalue weighted by atomic mass is 79.9. The van der Waals surface area contributed by atoms with E-state index in [9.17, 15) is 0 Å². The number of thiophene rings is 1. The number of nitrogens with two attached hydrogens (primary N) is 1. The Hall–Kier alpha value is -0.170. The van der Waals surface area contributed by atoms with E-state index in [1.165, 1.54) is 6.39 Å². The van der Waals surface area contributed by atoms with Crippen LogP contribution in [0.4, 0.5) is 0 Å². The van der Waals surface area contributed by atoms with Gasteiger partial charge in [-0.25, -0.2) is 4.98 Å². The van der Waals surface area contributed by atoms with Crippen LogP contribution in [0.1, 0.15) is 5.69 Å². The Balaban J connectivity index is 2.49. The highest BCUT2D eigenvalue weighted by Crippen LogP contribution is 2.39. The summed E-state index contributed by atoms with van der Waals surface area (Å²) in [6.07, 6.45) is 1.42. The lowest BCUT2D eigenvalue weighted by molar-refractivity contribution is 0.572. The summed E-state index contributed by atoms with van der Waals surface area (Å²) in [4.78, 5) is 5.05. The van der Waals surface area contributed by atoms with Gasteiger partial charge >= 0.3 is 0 Å². The molecule has 14 heavy (non-hydrogen) atoms. The van der Waals surface area contributed by atoms with E-state index in [2.05, 4.69) is 36.8 Å². The van der Waals surface area contributed by atoms with E-state index in [4.69, 9.17) is 10.2 Å². The zero-order valence-electron chi connectivity index (χ0n) is 6.96. The fourth-order valence-corrected chi connectivity index (χ4v) is 3.12. The molecule has 0 fully saturated rings. The third-order valence-corrected chi connectivity index (χ3v) is 4.96. The average Bonchev–Trinajstić information content (AvgIpc) is 2.73. The van der Waals surface area contributed by atoms with Gasteiger partial charge in [-0.05, 0) is 37.9 Å². The number of rotatable bonds is 2. The van der Waals surface area contributed by atoms with Gasteiger partial charge in [0, 0.05) is 11.0 Å². The summed E-state index contributed by atoms with van der Waals surface area (Å²) >= 11 is 8.43. The molecule has 0 aliphatic carbocycles.